The first-order chi connectivity index (χ1) is 9.77. The van der Waals surface area contributed by atoms with E-state index in [1.54, 1.807) is 24.3 Å². The molecule has 98 valence electrons. The molecule has 1 amide bonds. The Morgan fingerprint density at radius 2 is 1.80 bits per heavy atom. The fraction of sp³-hybridized carbons (Fsp3) is 0.0588. The Morgan fingerprint density at radius 1 is 1.15 bits per heavy atom. The van der Waals surface area contributed by atoms with Gasteiger partial charge >= 0.3 is 0 Å². The molecular formula is C17H14N2O. The molecule has 0 spiro atoms. The first-order valence-electron chi connectivity index (χ1n) is 6.25. The van der Waals surface area contributed by atoms with Crippen molar-refractivity contribution in [3.05, 3.63) is 72.3 Å². The summed E-state index contributed by atoms with van der Waals surface area (Å²) in [6, 6.07) is 16.7. The molecule has 0 aliphatic rings. The molecule has 0 bridgehead atoms. The van der Waals surface area contributed by atoms with Gasteiger partial charge in [-0.1, -0.05) is 42.5 Å². The van der Waals surface area contributed by atoms with E-state index in [-0.39, 0.29) is 5.91 Å². The average molecular weight is 262 g/mol. The smallest absolute Gasteiger partial charge is 0.252 e. The molecule has 0 aliphatic carbocycles. The topological polar surface area (TPSA) is 52.9 Å². The van der Waals surface area contributed by atoms with Crippen molar-refractivity contribution in [3.8, 4) is 17.2 Å². The van der Waals surface area contributed by atoms with E-state index >= 15 is 0 Å². The molecule has 2 aromatic carbocycles. The molecule has 1 N–H and O–H groups in total. The first kappa shape index (κ1) is 13.6. The van der Waals surface area contributed by atoms with Gasteiger partial charge in [0.25, 0.3) is 5.91 Å². The number of nitriles is 1. The SMILES string of the molecule is C=CCNC(=O)c1ccccc1-c1ccccc1C#N. The van der Waals surface area contributed by atoms with E-state index in [1.807, 2.05) is 30.3 Å². The van der Waals surface area contributed by atoms with Gasteiger partial charge in [0.2, 0.25) is 0 Å². The highest BCUT2D eigenvalue weighted by atomic mass is 16.1. The van der Waals surface area contributed by atoms with Crippen LogP contribution < -0.4 is 5.32 Å². The monoisotopic (exact) mass is 262 g/mol. The zero-order valence-electron chi connectivity index (χ0n) is 11.0. The predicted molar refractivity (Wildman–Crippen MR) is 79.1 cm³/mol. The largest absolute Gasteiger partial charge is 0.349 e. The molecule has 0 radical (unpaired) electrons. The van der Waals surface area contributed by atoms with Crippen LogP contribution in [0.4, 0.5) is 0 Å². The van der Waals surface area contributed by atoms with E-state index < -0.39 is 0 Å². The Labute approximate surface area is 118 Å². The molecule has 0 aliphatic heterocycles. The van der Waals surface area contributed by atoms with Crippen molar-refractivity contribution < 1.29 is 4.79 Å². The van der Waals surface area contributed by atoms with Gasteiger partial charge in [-0.05, 0) is 17.7 Å². The molecule has 0 fully saturated rings. The highest BCUT2D eigenvalue weighted by Crippen LogP contribution is 2.26. The van der Waals surface area contributed by atoms with E-state index in [1.165, 1.54) is 0 Å². The summed E-state index contributed by atoms with van der Waals surface area (Å²) in [5.41, 5.74) is 2.62. The molecule has 0 atom stereocenters. The maximum absolute atomic E-state index is 12.2. The summed E-state index contributed by atoms with van der Waals surface area (Å²) in [5, 5.41) is 11.9. The lowest BCUT2D eigenvalue weighted by atomic mass is 9.95. The molecule has 2 aromatic rings. The summed E-state index contributed by atoms with van der Waals surface area (Å²) in [7, 11) is 0. The second-order valence-electron chi connectivity index (χ2n) is 4.20. The molecule has 0 saturated heterocycles. The number of nitrogens with zero attached hydrogens (tertiary/aromatic N) is 1. The van der Waals surface area contributed by atoms with E-state index in [4.69, 9.17) is 0 Å². The van der Waals surface area contributed by atoms with E-state index in [0.717, 1.165) is 11.1 Å². The second-order valence-corrected chi connectivity index (χ2v) is 4.20. The number of nitrogens with one attached hydrogen (secondary N) is 1. The molecule has 3 nitrogen and oxygen atoms in total. The van der Waals surface area contributed by atoms with Crippen LogP contribution in [0.1, 0.15) is 15.9 Å². The van der Waals surface area contributed by atoms with E-state index in [0.29, 0.717) is 17.7 Å². The molecule has 0 unspecified atom stereocenters. The van der Waals surface area contributed by atoms with Crippen molar-refractivity contribution in [2.24, 2.45) is 0 Å². The molecular weight excluding hydrogens is 248 g/mol. The van der Waals surface area contributed by atoms with Gasteiger partial charge in [0, 0.05) is 17.7 Å². The van der Waals surface area contributed by atoms with Crippen LogP contribution in [0.15, 0.2) is 61.2 Å². The standard InChI is InChI=1S/C17H14N2O/c1-2-11-19-17(20)16-10-6-5-9-15(16)14-8-4-3-7-13(14)12-18/h2-10H,1,11H2,(H,19,20). The normalized spacial score (nSPS) is 9.55. The number of carbonyl (C=O) groups is 1. The summed E-state index contributed by atoms with van der Waals surface area (Å²) in [6.45, 7) is 3.99. The maximum Gasteiger partial charge on any atom is 0.252 e. The third-order valence-corrected chi connectivity index (χ3v) is 2.92. The number of hydrogen-bond donors (Lipinski definition) is 1. The van der Waals surface area contributed by atoms with Gasteiger partial charge in [-0.3, -0.25) is 4.79 Å². The number of amides is 1. The number of rotatable bonds is 4. The minimum absolute atomic E-state index is 0.173. The van der Waals surface area contributed by atoms with Crippen LogP contribution >= 0.6 is 0 Å². The fourth-order valence-electron chi connectivity index (χ4n) is 1.99. The van der Waals surface area contributed by atoms with Crippen LogP contribution in [-0.2, 0) is 0 Å². The van der Waals surface area contributed by atoms with E-state index in [2.05, 4.69) is 18.0 Å². The van der Waals surface area contributed by atoms with Gasteiger partial charge in [0.1, 0.15) is 0 Å². The number of hydrogen-bond acceptors (Lipinski definition) is 2. The second kappa shape index (κ2) is 6.35. The summed E-state index contributed by atoms with van der Waals surface area (Å²) < 4.78 is 0. The third-order valence-electron chi connectivity index (χ3n) is 2.92. The van der Waals surface area contributed by atoms with Crippen molar-refractivity contribution >= 4 is 5.91 Å². The molecule has 0 aromatic heterocycles. The summed E-state index contributed by atoms with van der Waals surface area (Å²) in [6.07, 6.45) is 1.63. The summed E-state index contributed by atoms with van der Waals surface area (Å²) in [4.78, 5) is 12.2. The minimum atomic E-state index is -0.173. The van der Waals surface area contributed by atoms with Crippen molar-refractivity contribution in [3.63, 3.8) is 0 Å². The molecule has 0 heterocycles. The zero-order valence-corrected chi connectivity index (χ0v) is 11.0. The lowest BCUT2D eigenvalue weighted by Crippen LogP contribution is -2.23. The Hall–Kier alpha value is -2.86. The van der Waals surface area contributed by atoms with Crippen LogP contribution in [0.2, 0.25) is 0 Å². The predicted octanol–water partition coefficient (Wildman–Crippen LogP) is 3.14. The van der Waals surface area contributed by atoms with Gasteiger partial charge in [-0.15, -0.1) is 6.58 Å². The van der Waals surface area contributed by atoms with Crippen molar-refractivity contribution in [1.82, 2.24) is 5.32 Å². The summed E-state index contributed by atoms with van der Waals surface area (Å²) in [5.74, 6) is -0.173. The van der Waals surface area contributed by atoms with Gasteiger partial charge in [0.05, 0.1) is 11.6 Å². The van der Waals surface area contributed by atoms with Gasteiger partial charge in [-0.25, -0.2) is 0 Å². The van der Waals surface area contributed by atoms with Gasteiger partial charge in [-0.2, -0.15) is 5.26 Å². The maximum atomic E-state index is 12.2. The third kappa shape index (κ3) is 2.76. The van der Waals surface area contributed by atoms with Crippen LogP contribution in [0.5, 0.6) is 0 Å². The van der Waals surface area contributed by atoms with Crippen molar-refractivity contribution in [1.29, 1.82) is 5.26 Å². The molecule has 0 saturated carbocycles. The highest BCUT2D eigenvalue weighted by molar-refractivity contribution is 6.01. The van der Waals surface area contributed by atoms with E-state index in [9.17, 15) is 10.1 Å². The van der Waals surface area contributed by atoms with Crippen molar-refractivity contribution in [2.75, 3.05) is 6.54 Å². The summed E-state index contributed by atoms with van der Waals surface area (Å²) >= 11 is 0. The van der Waals surface area contributed by atoms with Crippen LogP contribution in [0.3, 0.4) is 0 Å². The van der Waals surface area contributed by atoms with Gasteiger partial charge < -0.3 is 5.32 Å². The lowest BCUT2D eigenvalue weighted by molar-refractivity contribution is 0.0958. The van der Waals surface area contributed by atoms with Crippen LogP contribution in [-0.4, -0.2) is 12.5 Å². The Kier molecular flexibility index (Phi) is 4.31. The number of benzene rings is 2. The fourth-order valence-corrected chi connectivity index (χ4v) is 1.99. The molecule has 2 rings (SSSR count). The number of carbonyl (C=O) groups excluding carboxylic acids is 1. The zero-order chi connectivity index (χ0) is 14.4. The Bertz CT molecular complexity index is 683. The van der Waals surface area contributed by atoms with Crippen LogP contribution in [0.25, 0.3) is 11.1 Å². The van der Waals surface area contributed by atoms with Crippen molar-refractivity contribution in [2.45, 2.75) is 0 Å². The quantitative estimate of drug-likeness (QED) is 0.860. The highest BCUT2D eigenvalue weighted by Gasteiger charge is 2.13. The average Bonchev–Trinajstić information content (AvgIpc) is 2.52. The Morgan fingerprint density at radius 3 is 2.50 bits per heavy atom. The van der Waals surface area contributed by atoms with Crippen LogP contribution in [0, 0.1) is 11.3 Å². The Balaban J connectivity index is 2.50. The molecule has 3 heteroatoms. The minimum Gasteiger partial charge on any atom is -0.349 e. The first-order valence-corrected chi connectivity index (χ1v) is 6.25. The van der Waals surface area contributed by atoms with Gasteiger partial charge in [0.15, 0.2) is 0 Å². The lowest BCUT2D eigenvalue weighted by Gasteiger charge is -2.10. The molecule has 20 heavy (non-hydrogen) atoms.